The number of nitrogens with one attached hydrogen (secondary N) is 1. The third-order valence-electron chi connectivity index (χ3n) is 4.03. The molecule has 1 saturated heterocycles. The number of imide groups is 2. The second-order valence-electron chi connectivity index (χ2n) is 6.00. The molecule has 4 amide bonds. The van der Waals surface area contributed by atoms with E-state index >= 15 is 0 Å². The molecule has 0 spiro atoms. The van der Waals surface area contributed by atoms with Crippen molar-refractivity contribution >= 4 is 29.6 Å². The molecule has 0 unspecified atom stereocenters. The minimum atomic E-state index is -0.852. The Labute approximate surface area is 159 Å². The van der Waals surface area contributed by atoms with Gasteiger partial charge in [0, 0.05) is 12.6 Å². The Morgan fingerprint density at radius 2 is 2.00 bits per heavy atom. The molecule has 0 radical (unpaired) electrons. The standard InChI is InChI=1S/C19H15N3O6/c1-3-8-21-18(24)14(17(23)20-19(21)25)10-12-5-7-16(28-12)13-6-4-11(2)9-15(13)22(26)27/h3-7,9-10H,1,8H2,2H3,(H,20,23,25)/b14-10-. The molecule has 3 rings (SSSR count). The number of benzene rings is 1. The lowest BCUT2D eigenvalue weighted by atomic mass is 10.1. The van der Waals surface area contributed by atoms with Gasteiger partial charge in [0.25, 0.3) is 17.5 Å². The lowest BCUT2D eigenvalue weighted by molar-refractivity contribution is -0.384. The van der Waals surface area contributed by atoms with Crippen LogP contribution in [0, 0.1) is 17.0 Å². The van der Waals surface area contributed by atoms with Crippen LogP contribution >= 0.6 is 0 Å². The van der Waals surface area contributed by atoms with E-state index in [4.69, 9.17) is 4.42 Å². The maximum atomic E-state index is 12.4. The van der Waals surface area contributed by atoms with Crippen molar-refractivity contribution in [2.45, 2.75) is 6.92 Å². The summed E-state index contributed by atoms with van der Waals surface area (Å²) < 4.78 is 5.59. The summed E-state index contributed by atoms with van der Waals surface area (Å²) in [6.07, 6.45) is 2.54. The van der Waals surface area contributed by atoms with Crippen molar-refractivity contribution in [2.24, 2.45) is 0 Å². The van der Waals surface area contributed by atoms with Crippen LogP contribution in [0.15, 0.2) is 53.0 Å². The Morgan fingerprint density at radius 3 is 2.68 bits per heavy atom. The maximum Gasteiger partial charge on any atom is 0.331 e. The van der Waals surface area contributed by atoms with Gasteiger partial charge >= 0.3 is 6.03 Å². The number of rotatable bonds is 5. The van der Waals surface area contributed by atoms with E-state index in [0.29, 0.717) is 0 Å². The predicted molar refractivity (Wildman–Crippen MR) is 99.0 cm³/mol. The lowest BCUT2D eigenvalue weighted by Crippen LogP contribution is -2.54. The minimum Gasteiger partial charge on any atom is -0.456 e. The van der Waals surface area contributed by atoms with Crippen molar-refractivity contribution in [3.05, 3.63) is 70.0 Å². The van der Waals surface area contributed by atoms with Crippen molar-refractivity contribution < 1.29 is 23.7 Å². The van der Waals surface area contributed by atoms with E-state index in [1.165, 1.54) is 30.4 Å². The number of furan rings is 1. The summed E-state index contributed by atoms with van der Waals surface area (Å²) in [6.45, 7) is 5.14. The molecule has 1 aromatic carbocycles. The molecule has 9 heteroatoms. The van der Waals surface area contributed by atoms with Crippen LogP contribution in [0.25, 0.3) is 17.4 Å². The molecule has 28 heavy (non-hydrogen) atoms. The summed E-state index contributed by atoms with van der Waals surface area (Å²) in [4.78, 5) is 47.8. The quantitative estimate of drug-likeness (QED) is 0.279. The molecular weight excluding hydrogens is 366 g/mol. The number of aryl methyl sites for hydroxylation is 1. The van der Waals surface area contributed by atoms with Gasteiger partial charge in [-0.1, -0.05) is 12.1 Å². The smallest absolute Gasteiger partial charge is 0.331 e. The summed E-state index contributed by atoms with van der Waals surface area (Å²) in [5, 5.41) is 13.4. The molecule has 0 atom stereocenters. The summed E-state index contributed by atoms with van der Waals surface area (Å²) in [6, 6.07) is 6.84. The highest BCUT2D eigenvalue weighted by molar-refractivity contribution is 6.30. The first-order valence-corrected chi connectivity index (χ1v) is 8.17. The zero-order valence-electron chi connectivity index (χ0n) is 14.8. The normalized spacial score (nSPS) is 15.7. The van der Waals surface area contributed by atoms with E-state index in [0.717, 1.165) is 10.5 Å². The number of barbiturate groups is 1. The topological polar surface area (TPSA) is 123 Å². The van der Waals surface area contributed by atoms with Gasteiger partial charge in [-0.3, -0.25) is 29.9 Å². The Bertz CT molecular complexity index is 1050. The van der Waals surface area contributed by atoms with Gasteiger partial charge < -0.3 is 4.42 Å². The van der Waals surface area contributed by atoms with Gasteiger partial charge in [-0.15, -0.1) is 6.58 Å². The Balaban J connectivity index is 1.98. The molecule has 1 N–H and O–H groups in total. The Morgan fingerprint density at radius 1 is 1.25 bits per heavy atom. The first-order valence-electron chi connectivity index (χ1n) is 8.17. The van der Waals surface area contributed by atoms with Gasteiger partial charge in [0.2, 0.25) is 0 Å². The second kappa shape index (κ2) is 7.31. The molecule has 142 valence electrons. The highest BCUT2D eigenvalue weighted by Gasteiger charge is 2.35. The fourth-order valence-electron chi connectivity index (χ4n) is 2.71. The maximum absolute atomic E-state index is 12.4. The Hall–Kier alpha value is -4.01. The molecular formula is C19H15N3O6. The van der Waals surface area contributed by atoms with E-state index in [1.807, 2.05) is 0 Å². The molecule has 2 heterocycles. The number of hydrogen-bond acceptors (Lipinski definition) is 6. The van der Waals surface area contributed by atoms with Crippen LogP contribution in [0.1, 0.15) is 11.3 Å². The first-order chi connectivity index (χ1) is 13.3. The number of amides is 4. The number of nitro groups is 1. The summed E-state index contributed by atoms with van der Waals surface area (Å²) >= 11 is 0. The van der Waals surface area contributed by atoms with Gasteiger partial charge in [-0.25, -0.2) is 4.79 Å². The first kappa shape index (κ1) is 18.8. The summed E-state index contributed by atoms with van der Waals surface area (Å²) in [7, 11) is 0. The van der Waals surface area contributed by atoms with E-state index in [1.54, 1.807) is 19.1 Å². The van der Waals surface area contributed by atoms with Crippen molar-refractivity contribution in [3.8, 4) is 11.3 Å². The number of urea groups is 1. The fraction of sp³-hybridized carbons (Fsp3) is 0.105. The van der Waals surface area contributed by atoms with Gasteiger partial charge in [-0.2, -0.15) is 0 Å². The molecule has 0 bridgehead atoms. The van der Waals surface area contributed by atoms with E-state index < -0.39 is 22.8 Å². The zero-order chi connectivity index (χ0) is 20.4. The highest BCUT2D eigenvalue weighted by atomic mass is 16.6. The number of carbonyl (C=O) groups is 3. The largest absolute Gasteiger partial charge is 0.456 e. The van der Waals surface area contributed by atoms with Crippen LogP contribution in [0.2, 0.25) is 0 Å². The second-order valence-corrected chi connectivity index (χ2v) is 6.00. The van der Waals surface area contributed by atoms with E-state index in [-0.39, 0.29) is 34.9 Å². The molecule has 0 aliphatic carbocycles. The number of carbonyl (C=O) groups excluding carboxylic acids is 3. The molecule has 1 aliphatic rings. The third-order valence-corrected chi connectivity index (χ3v) is 4.03. The molecule has 1 fully saturated rings. The third kappa shape index (κ3) is 3.45. The molecule has 9 nitrogen and oxygen atoms in total. The van der Waals surface area contributed by atoms with E-state index in [9.17, 15) is 24.5 Å². The van der Waals surface area contributed by atoms with Crippen LogP contribution in [0.5, 0.6) is 0 Å². The number of nitrogens with zero attached hydrogens (tertiary/aromatic N) is 2. The van der Waals surface area contributed by atoms with Crippen molar-refractivity contribution in [2.75, 3.05) is 6.54 Å². The fourth-order valence-corrected chi connectivity index (χ4v) is 2.71. The van der Waals surface area contributed by atoms with Gasteiger partial charge in [0.05, 0.1) is 10.5 Å². The number of hydrogen-bond donors (Lipinski definition) is 1. The van der Waals surface area contributed by atoms with Crippen molar-refractivity contribution in [1.82, 2.24) is 10.2 Å². The zero-order valence-corrected chi connectivity index (χ0v) is 14.8. The number of nitro benzene ring substituents is 1. The monoisotopic (exact) mass is 381 g/mol. The molecule has 0 saturated carbocycles. The average molecular weight is 381 g/mol. The van der Waals surface area contributed by atoms with Crippen molar-refractivity contribution in [1.29, 1.82) is 0 Å². The lowest BCUT2D eigenvalue weighted by Gasteiger charge is -2.24. The van der Waals surface area contributed by atoms with Gasteiger partial charge in [0.15, 0.2) is 0 Å². The molecule has 1 aromatic heterocycles. The highest BCUT2D eigenvalue weighted by Crippen LogP contribution is 2.32. The van der Waals surface area contributed by atoms with Gasteiger partial charge in [-0.05, 0) is 36.8 Å². The minimum absolute atomic E-state index is 0.0613. The average Bonchev–Trinajstić information content (AvgIpc) is 3.10. The SMILES string of the molecule is C=CCN1C(=O)NC(=O)/C(=C/c2ccc(-c3ccc(C)cc3[N+](=O)[O-])o2)C1=O. The molecule has 1 aliphatic heterocycles. The van der Waals surface area contributed by atoms with Crippen LogP contribution in [0.3, 0.4) is 0 Å². The van der Waals surface area contributed by atoms with Crippen LogP contribution in [-0.4, -0.2) is 34.2 Å². The molecule has 2 aromatic rings. The Kier molecular flexibility index (Phi) is 4.90. The summed E-state index contributed by atoms with van der Waals surface area (Å²) in [5.74, 6) is -1.29. The van der Waals surface area contributed by atoms with Crippen LogP contribution in [-0.2, 0) is 9.59 Å². The predicted octanol–water partition coefficient (Wildman–Crippen LogP) is 2.81. The van der Waals surface area contributed by atoms with Gasteiger partial charge in [0.1, 0.15) is 17.1 Å². The van der Waals surface area contributed by atoms with Crippen LogP contribution in [0.4, 0.5) is 10.5 Å². The van der Waals surface area contributed by atoms with Crippen LogP contribution < -0.4 is 5.32 Å². The van der Waals surface area contributed by atoms with E-state index in [2.05, 4.69) is 11.9 Å². The summed E-state index contributed by atoms with van der Waals surface area (Å²) in [5.41, 5.74) is 0.576. The van der Waals surface area contributed by atoms with Crippen molar-refractivity contribution in [3.63, 3.8) is 0 Å².